The number of hydrogen-bond donors (Lipinski definition) is 0. The fraction of sp³-hybridized carbons (Fsp3) is 0.0435. The maximum Gasteiger partial charge on any atom is 0.0714 e. The van der Waals surface area contributed by atoms with Gasteiger partial charge in [0.05, 0.1) is 22.5 Å². The van der Waals surface area contributed by atoms with Crippen LogP contribution in [0.5, 0.6) is 0 Å². The zero-order valence-corrected chi connectivity index (χ0v) is 39.6. The van der Waals surface area contributed by atoms with Gasteiger partial charge in [-0.25, -0.2) is 0 Å². The minimum atomic E-state index is -0.543. The van der Waals surface area contributed by atoms with Crippen LogP contribution in [0.3, 0.4) is 0 Å². The molecule has 0 aromatic heterocycles. The monoisotopic (exact) mass is 904 g/mol. The maximum absolute atomic E-state index is 2.53. The van der Waals surface area contributed by atoms with Gasteiger partial charge in [0.15, 0.2) is 0 Å². The van der Waals surface area contributed by atoms with E-state index in [0.29, 0.717) is 0 Å². The minimum absolute atomic E-state index is 0.543. The molecule has 0 spiro atoms. The zero-order valence-electron chi connectivity index (χ0n) is 39.6. The first-order valence-corrected chi connectivity index (χ1v) is 24.8. The fourth-order valence-electron chi connectivity index (χ4n) is 12.5. The number of para-hydroxylation sites is 3. The van der Waals surface area contributed by atoms with Gasteiger partial charge < -0.3 is 9.80 Å². The second-order valence-corrected chi connectivity index (χ2v) is 19.3. The van der Waals surface area contributed by atoms with E-state index in [0.717, 1.165) is 34.1 Å². The predicted molar refractivity (Wildman–Crippen MR) is 301 cm³/mol. The average Bonchev–Trinajstić information content (AvgIpc) is 3.75. The first kappa shape index (κ1) is 41.0. The van der Waals surface area contributed by atoms with Crippen LogP contribution in [0.25, 0.3) is 65.0 Å². The van der Waals surface area contributed by atoms with E-state index in [-0.39, 0.29) is 0 Å². The highest BCUT2D eigenvalue weighted by atomic mass is 15.2. The van der Waals surface area contributed by atoms with Crippen LogP contribution in [0.15, 0.2) is 255 Å². The standard InChI is InChI=1S/C69H48N2/c1-45-41-63(58-39-37-56-46(2)42-64(59-40-38-55(45)67(58)68(56)59)71(53-30-16-7-17-31-53)62-34-19-18-32-57(62)47-21-8-3-9-22-47)70(52-28-14-6-15-29-52)54-43-49-36-35-48-23-20-33-60-65(48)66(49)61(44-54)69(60,50-24-10-4-11-25-50)51-26-12-5-13-27-51/h3-44H,1-2H3. The topological polar surface area (TPSA) is 6.48 Å². The van der Waals surface area contributed by atoms with Crippen LogP contribution in [-0.4, -0.2) is 0 Å². The Labute approximate surface area is 414 Å². The summed E-state index contributed by atoms with van der Waals surface area (Å²) in [6, 6.07) is 94.7. The molecule has 0 unspecified atom stereocenters. The highest BCUT2D eigenvalue weighted by Crippen LogP contribution is 2.58. The van der Waals surface area contributed by atoms with Gasteiger partial charge in [0.1, 0.15) is 0 Å². The third kappa shape index (κ3) is 6.08. The second-order valence-electron chi connectivity index (χ2n) is 19.3. The Morgan fingerprint density at radius 1 is 0.296 bits per heavy atom. The maximum atomic E-state index is 2.53. The summed E-state index contributed by atoms with van der Waals surface area (Å²) in [6.07, 6.45) is 0. The Kier molecular flexibility index (Phi) is 9.28. The van der Waals surface area contributed by atoms with E-state index in [2.05, 4.69) is 278 Å². The van der Waals surface area contributed by atoms with Crippen LogP contribution in [0.4, 0.5) is 34.1 Å². The molecule has 1 aliphatic rings. The molecule has 0 aliphatic heterocycles. The van der Waals surface area contributed by atoms with E-state index in [1.807, 2.05) is 0 Å². The molecule has 0 amide bonds. The van der Waals surface area contributed by atoms with Crippen LogP contribution in [0, 0.1) is 13.8 Å². The molecule has 0 fully saturated rings. The van der Waals surface area contributed by atoms with Crippen LogP contribution in [0.1, 0.15) is 33.4 Å². The third-order valence-corrected chi connectivity index (χ3v) is 15.4. The lowest BCUT2D eigenvalue weighted by Crippen LogP contribution is -2.29. The number of rotatable bonds is 9. The number of benzene rings is 13. The van der Waals surface area contributed by atoms with Gasteiger partial charge in [-0.05, 0) is 150 Å². The highest BCUT2D eigenvalue weighted by Gasteiger charge is 2.45. The van der Waals surface area contributed by atoms with Crippen molar-refractivity contribution in [1.29, 1.82) is 0 Å². The van der Waals surface area contributed by atoms with Gasteiger partial charge in [-0.2, -0.15) is 0 Å². The molecule has 0 radical (unpaired) electrons. The van der Waals surface area contributed by atoms with Crippen molar-refractivity contribution in [1.82, 2.24) is 0 Å². The molecular weight excluding hydrogens is 857 g/mol. The molecule has 0 atom stereocenters. The normalized spacial score (nSPS) is 12.8. The van der Waals surface area contributed by atoms with Gasteiger partial charge in [-0.15, -0.1) is 0 Å². The molecule has 13 aromatic carbocycles. The molecule has 334 valence electrons. The zero-order chi connectivity index (χ0) is 47.2. The number of nitrogens with zero attached hydrogens (tertiary/aromatic N) is 2. The van der Waals surface area contributed by atoms with Gasteiger partial charge in [-0.3, -0.25) is 0 Å². The quantitative estimate of drug-likeness (QED) is 0.133. The van der Waals surface area contributed by atoms with Crippen molar-refractivity contribution in [2.45, 2.75) is 19.3 Å². The van der Waals surface area contributed by atoms with Crippen LogP contribution in [-0.2, 0) is 5.41 Å². The lowest BCUT2D eigenvalue weighted by atomic mass is 9.67. The number of hydrogen-bond acceptors (Lipinski definition) is 2. The van der Waals surface area contributed by atoms with Gasteiger partial charge in [0.25, 0.3) is 0 Å². The van der Waals surface area contributed by atoms with Gasteiger partial charge in [-0.1, -0.05) is 200 Å². The number of aryl methyl sites for hydroxylation is 2. The summed E-state index contributed by atoms with van der Waals surface area (Å²) in [5.74, 6) is 0. The summed E-state index contributed by atoms with van der Waals surface area (Å²) in [5, 5.41) is 12.7. The molecule has 0 N–H and O–H groups in total. The third-order valence-electron chi connectivity index (χ3n) is 15.4. The molecule has 0 bridgehead atoms. The second kappa shape index (κ2) is 16.1. The lowest BCUT2D eigenvalue weighted by Gasteiger charge is -2.35. The molecule has 0 saturated carbocycles. The molecule has 2 heteroatoms. The van der Waals surface area contributed by atoms with Crippen molar-refractivity contribution in [3.63, 3.8) is 0 Å². The summed E-state index contributed by atoms with van der Waals surface area (Å²) < 4.78 is 0. The predicted octanol–water partition coefficient (Wildman–Crippen LogP) is 18.8. The Morgan fingerprint density at radius 3 is 1.38 bits per heavy atom. The summed E-state index contributed by atoms with van der Waals surface area (Å²) >= 11 is 0. The van der Waals surface area contributed by atoms with Crippen molar-refractivity contribution in [3.05, 3.63) is 288 Å². The minimum Gasteiger partial charge on any atom is -0.310 e. The highest BCUT2D eigenvalue weighted by molar-refractivity contribution is 6.29. The molecule has 13 aromatic rings. The molecule has 14 rings (SSSR count). The summed E-state index contributed by atoms with van der Waals surface area (Å²) in [7, 11) is 0. The van der Waals surface area contributed by atoms with Crippen molar-refractivity contribution >= 4 is 88.0 Å². The van der Waals surface area contributed by atoms with Gasteiger partial charge in [0.2, 0.25) is 0 Å². The molecule has 0 saturated heterocycles. The van der Waals surface area contributed by atoms with Crippen molar-refractivity contribution in [3.8, 4) is 11.1 Å². The van der Waals surface area contributed by atoms with E-state index in [1.165, 1.54) is 98.4 Å². The largest absolute Gasteiger partial charge is 0.310 e. The van der Waals surface area contributed by atoms with Gasteiger partial charge >= 0.3 is 0 Å². The van der Waals surface area contributed by atoms with Gasteiger partial charge in [0, 0.05) is 33.4 Å². The van der Waals surface area contributed by atoms with E-state index < -0.39 is 5.41 Å². The first-order valence-electron chi connectivity index (χ1n) is 24.8. The first-order chi connectivity index (χ1) is 35.1. The smallest absolute Gasteiger partial charge is 0.0714 e. The SMILES string of the molecule is Cc1cc(N(c2ccccc2)c2cc3c4c(ccc5cccc(c54)C3(c3ccccc3)c3ccccc3)c2)c2ccc3c(C)cc(N(c4ccccc4)c4ccccc4-c4ccccc4)c4ccc1c2c34. The van der Waals surface area contributed by atoms with E-state index >= 15 is 0 Å². The van der Waals surface area contributed by atoms with Crippen molar-refractivity contribution in [2.75, 3.05) is 9.80 Å². The van der Waals surface area contributed by atoms with Crippen molar-refractivity contribution < 1.29 is 0 Å². The fourth-order valence-corrected chi connectivity index (χ4v) is 12.5. The molecule has 2 nitrogen and oxygen atoms in total. The van der Waals surface area contributed by atoms with Crippen LogP contribution >= 0.6 is 0 Å². The number of anilines is 6. The Morgan fingerprint density at radius 2 is 0.775 bits per heavy atom. The van der Waals surface area contributed by atoms with E-state index in [4.69, 9.17) is 0 Å². The molecule has 0 heterocycles. The van der Waals surface area contributed by atoms with Crippen LogP contribution in [0.2, 0.25) is 0 Å². The summed E-state index contributed by atoms with van der Waals surface area (Å²) in [6.45, 7) is 4.58. The molecular formula is C69H48N2. The van der Waals surface area contributed by atoms with E-state index in [1.54, 1.807) is 0 Å². The molecule has 71 heavy (non-hydrogen) atoms. The lowest BCUT2D eigenvalue weighted by molar-refractivity contribution is 0.771. The Bertz CT molecular complexity index is 4130. The summed E-state index contributed by atoms with van der Waals surface area (Å²) in [4.78, 5) is 5.01. The van der Waals surface area contributed by atoms with Crippen molar-refractivity contribution in [2.24, 2.45) is 0 Å². The average molecular weight is 905 g/mol. The Balaban J connectivity index is 1.06. The Hall–Kier alpha value is -8.98. The summed E-state index contributed by atoms with van der Waals surface area (Å²) in [5.41, 5.74) is 16.3. The van der Waals surface area contributed by atoms with Crippen LogP contribution < -0.4 is 9.80 Å². The van der Waals surface area contributed by atoms with E-state index in [9.17, 15) is 0 Å². The molecule has 1 aliphatic carbocycles.